The van der Waals surface area contributed by atoms with Crippen molar-refractivity contribution in [1.82, 2.24) is 19.7 Å². The summed E-state index contributed by atoms with van der Waals surface area (Å²) in [5, 5.41) is 10.7. The predicted octanol–water partition coefficient (Wildman–Crippen LogP) is 4.11. The smallest absolute Gasteiger partial charge is 0.229 e. The van der Waals surface area contributed by atoms with Gasteiger partial charge >= 0.3 is 0 Å². The molecule has 0 radical (unpaired) electrons. The van der Waals surface area contributed by atoms with Crippen LogP contribution in [-0.2, 0) is 10.0 Å². The highest BCUT2D eigenvalue weighted by atomic mass is 32.2. The minimum Gasteiger partial charge on any atom is -0.360 e. The van der Waals surface area contributed by atoms with Crippen LogP contribution in [0, 0.1) is 0 Å². The maximum atomic E-state index is 12.7. The number of anilines is 1. The molecule has 10 heteroatoms. The van der Waals surface area contributed by atoms with Crippen molar-refractivity contribution < 1.29 is 13.2 Å². The van der Waals surface area contributed by atoms with Crippen LogP contribution in [0.25, 0.3) is 22.3 Å². The highest BCUT2D eigenvalue weighted by Crippen LogP contribution is 2.42. The number of sulfonamides is 1. The van der Waals surface area contributed by atoms with E-state index in [1.165, 1.54) is 11.8 Å². The maximum absolute atomic E-state index is 12.7. The number of ketones is 1. The zero-order valence-electron chi connectivity index (χ0n) is 17.3. The van der Waals surface area contributed by atoms with E-state index in [1.807, 2.05) is 24.4 Å². The molecule has 2 heterocycles. The van der Waals surface area contributed by atoms with Gasteiger partial charge in [0.05, 0.1) is 12.0 Å². The van der Waals surface area contributed by atoms with Crippen LogP contribution in [0.5, 0.6) is 0 Å². The Morgan fingerprint density at radius 3 is 2.62 bits per heavy atom. The van der Waals surface area contributed by atoms with Crippen LogP contribution in [0.3, 0.4) is 0 Å². The van der Waals surface area contributed by atoms with Crippen molar-refractivity contribution in [3.8, 4) is 11.4 Å². The first kappa shape index (κ1) is 20.8. The number of nitrogens with one attached hydrogen (secondary N) is 2. The van der Waals surface area contributed by atoms with Crippen LogP contribution < -0.4 is 4.72 Å². The third-order valence-corrected chi connectivity index (χ3v) is 6.80. The monoisotopic (exact) mass is 467 g/mol. The quantitative estimate of drug-likeness (QED) is 0.298. The molecule has 0 amide bonds. The van der Waals surface area contributed by atoms with E-state index in [-0.39, 0.29) is 11.5 Å². The van der Waals surface area contributed by atoms with E-state index in [2.05, 4.69) is 30.5 Å². The molecule has 1 aliphatic rings. The largest absolute Gasteiger partial charge is 0.360 e. The van der Waals surface area contributed by atoms with Crippen LogP contribution in [-0.4, -0.2) is 46.0 Å². The molecule has 2 aromatic carbocycles. The minimum absolute atomic E-state index is 0.0557. The zero-order chi connectivity index (χ0) is 22.3. The van der Waals surface area contributed by atoms with Gasteiger partial charge in [-0.25, -0.2) is 8.42 Å². The molecule has 5 rings (SSSR count). The van der Waals surface area contributed by atoms with Gasteiger partial charge in [-0.15, -0.1) is 10.2 Å². The van der Waals surface area contributed by atoms with E-state index < -0.39 is 10.0 Å². The van der Waals surface area contributed by atoms with E-state index in [1.54, 1.807) is 24.3 Å². The second kappa shape index (κ2) is 8.10. The number of nitrogens with zero attached hydrogens (tertiary/aromatic N) is 3. The van der Waals surface area contributed by atoms with Crippen molar-refractivity contribution in [2.75, 3.05) is 16.7 Å². The lowest BCUT2D eigenvalue weighted by atomic mass is 10.1. The van der Waals surface area contributed by atoms with Crippen LogP contribution in [0.2, 0.25) is 0 Å². The Labute approximate surface area is 189 Å². The van der Waals surface area contributed by atoms with Gasteiger partial charge in [0.25, 0.3) is 0 Å². The molecule has 1 saturated carbocycles. The summed E-state index contributed by atoms with van der Waals surface area (Å²) in [6.45, 7) is 0. The molecule has 0 atom stereocenters. The van der Waals surface area contributed by atoms with E-state index in [0.29, 0.717) is 17.3 Å². The third-order valence-electron chi connectivity index (χ3n) is 5.25. The van der Waals surface area contributed by atoms with Gasteiger partial charge in [-0.1, -0.05) is 30.0 Å². The summed E-state index contributed by atoms with van der Waals surface area (Å²) in [5.74, 6) is 0.980. The van der Waals surface area contributed by atoms with E-state index >= 15 is 0 Å². The third kappa shape index (κ3) is 4.28. The molecule has 8 nitrogen and oxygen atoms in total. The van der Waals surface area contributed by atoms with Crippen molar-refractivity contribution in [3.63, 3.8) is 0 Å². The number of aromatic nitrogens is 4. The van der Waals surface area contributed by atoms with Gasteiger partial charge in [-0.3, -0.25) is 14.1 Å². The second-order valence-corrected chi connectivity index (χ2v) is 10.5. The normalized spacial score (nSPS) is 14.0. The highest BCUT2D eigenvalue weighted by Gasteiger charge is 2.31. The van der Waals surface area contributed by atoms with Crippen LogP contribution in [0.1, 0.15) is 29.2 Å². The molecule has 164 valence electrons. The number of carbonyl (C=O) groups is 1. The Balaban J connectivity index is 1.35. The van der Waals surface area contributed by atoms with Crippen LogP contribution in [0.4, 0.5) is 5.69 Å². The van der Waals surface area contributed by atoms with Gasteiger partial charge in [-0.2, -0.15) is 0 Å². The number of fused-ring (bicyclic) bond motifs is 1. The molecule has 0 aliphatic heterocycles. The van der Waals surface area contributed by atoms with Crippen molar-refractivity contribution in [2.24, 2.45) is 0 Å². The Bertz CT molecular complexity index is 1400. The lowest BCUT2D eigenvalue weighted by molar-refractivity contribution is 0.102. The van der Waals surface area contributed by atoms with Crippen molar-refractivity contribution >= 4 is 44.2 Å². The summed E-state index contributed by atoms with van der Waals surface area (Å²) in [6.07, 6.45) is 5.19. The molecule has 1 aliphatic carbocycles. The van der Waals surface area contributed by atoms with Gasteiger partial charge in [0.1, 0.15) is 0 Å². The minimum atomic E-state index is -3.35. The summed E-state index contributed by atoms with van der Waals surface area (Å²) in [6, 6.07) is 14.9. The summed E-state index contributed by atoms with van der Waals surface area (Å²) in [4.78, 5) is 16.0. The zero-order valence-corrected chi connectivity index (χ0v) is 18.9. The Morgan fingerprint density at radius 1 is 1.16 bits per heavy atom. The van der Waals surface area contributed by atoms with Gasteiger partial charge in [-0.05, 0) is 43.2 Å². The van der Waals surface area contributed by atoms with E-state index in [0.717, 1.165) is 46.5 Å². The van der Waals surface area contributed by atoms with Gasteiger partial charge in [0.15, 0.2) is 16.8 Å². The fourth-order valence-corrected chi connectivity index (χ4v) is 5.09. The fourth-order valence-electron chi connectivity index (χ4n) is 3.63. The first-order valence-electron chi connectivity index (χ1n) is 10.1. The predicted molar refractivity (Wildman–Crippen MR) is 126 cm³/mol. The Hall–Kier alpha value is -3.11. The number of benzene rings is 2. The number of thioether (sulfide) groups is 1. The van der Waals surface area contributed by atoms with E-state index in [9.17, 15) is 13.2 Å². The SMILES string of the molecule is CS(=O)(=O)Nc1ccc(C(=O)CSc2nnc(-c3c[nH]c4ccccc34)n2C2CC2)cc1. The number of Topliss-reactive ketones (excluding diaryl/α,β-unsaturated/α-hetero) is 1. The average molecular weight is 468 g/mol. The van der Waals surface area contributed by atoms with E-state index in [4.69, 9.17) is 0 Å². The molecule has 0 bridgehead atoms. The first-order valence-corrected chi connectivity index (χ1v) is 13.0. The molecule has 0 spiro atoms. The molecular weight excluding hydrogens is 446 g/mol. The second-order valence-electron chi connectivity index (χ2n) is 7.82. The number of hydrogen-bond donors (Lipinski definition) is 2. The van der Waals surface area contributed by atoms with Gasteiger partial charge < -0.3 is 4.98 Å². The van der Waals surface area contributed by atoms with Crippen LogP contribution >= 0.6 is 11.8 Å². The number of H-pyrrole nitrogens is 1. The van der Waals surface area contributed by atoms with Gasteiger partial charge in [0.2, 0.25) is 10.0 Å². The molecule has 2 N–H and O–H groups in total. The van der Waals surface area contributed by atoms with Gasteiger partial charge in [0, 0.05) is 40.0 Å². The number of hydrogen-bond acceptors (Lipinski definition) is 6. The standard InChI is InChI=1S/C22H21N5O3S2/c1-32(29,30)26-15-8-6-14(7-9-15)20(28)13-31-22-25-24-21(27(22)16-10-11-16)18-12-23-19-5-3-2-4-17(18)19/h2-9,12,16,23,26H,10-11,13H2,1H3. The molecule has 0 saturated heterocycles. The topological polar surface area (TPSA) is 110 Å². The Morgan fingerprint density at radius 2 is 1.91 bits per heavy atom. The molecule has 0 unspecified atom stereocenters. The van der Waals surface area contributed by atoms with Crippen LogP contribution in [0.15, 0.2) is 59.9 Å². The average Bonchev–Trinajstić information content (AvgIpc) is 3.37. The van der Waals surface area contributed by atoms with Crippen molar-refractivity contribution in [3.05, 3.63) is 60.3 Å². The molecule has 32 heavy (non-hydrogen) atoms. The summed E-state index contributed by atoms with van der Waals surface area (Å²) >= 11 is 1.37. The molecule has 1 fully saturated rings. The Kier molecular flexibility index (Phi) is 5.26. The summed E-state index contributed by atoms with van der Waals surface area (Å²) in [5.41, 5.74) is 3.00. The molecular formula is C22H21N5O3S2. The lowest BCUT2D eigenvalue weighted by Crippen LogP contribution is -2.10. The summed E-state index contributed by atoms with van der Waals surface area (Å²) < 4.78 is 27.2. The fraction of sp³-hybridized carbons (Fsp3) is 0.227. The molecule has 4 aromatic rings. The summed E-state index contributed by atoms with van der Waals surface area (Å²) in [7, 11) is -3.35. The van der Waals surface area contributed by atoms with Crippen molar-refractivity contribution in [2.45, 2.75) is 24.0 Å². The first-order chi connectivity index (χ1) is 15.4. The maximum Gasteiger partial charge on any atom is 0.229 e. The number of carbonyl (C=O) groups excluding carboxylic acids is 1. The number of para-hydroxylation sites is 1. The lowest BCUT2D eigenvalue weighted by Gasteiger charge is -2.08. The van der Waals surface area contributed by atoms with Crippen molar-refractivity contribution in [1.29, 1.82) is 0 Å². The highest BCUT2D eigenvalue weighted by molar-refractivity contribution is 7.99. The number of rotatable bonds is 8. The number of aromatic amines is 1. The molecule has 2 aromatic heterocycles.